The second-order valence-corrected chi connectivity index (χ2v) is 9.10. The first-order valence-electron chi connectivity index (χ1n) is 8.64. The summed E-state index contributed by atoms with van der Waals surface area (Å²) >= 11 is 3.59. The lowest BCUT2D eigenvalue weighted by Crippen LogP contribution is -2.50. The van der Waals surface area contributed by atoms with Crippen molar-refractivity contribution in [1.29, 1.82) is 5.26 Å². The highest BCUT2D eigenvalue weighted by molar-refractivity contribution is 9.09. The summed E-state index contributed by atoms with van der Waals surface area (Å²) in [6.07, 6.45) is -0.608. The van der Waals surface area contributed by atoms with Crippen molar-refractivity contribution in [2.24, 2.45) is 10.7 Å². The topological polar surface area (TPSA) is 136 Å². The third-order valence-corrected chi connectivity index (χ3v) is 7.03. The molecule has 14 heteroatoms. The van der Waals surface area contributed by atoms with E-state index in [1.165, 1.54) is 0 Å². The number of aliphatic imine (C=N–C) groups is 1. The molecular formula is C14H20BBrN6O5P+. The van der Waals surface area contributed by atoms with E-state index in [2.05, 4.69) is 31.6 Å². The normalized spacial score (nSPS) is 41.9. The van der Waals surface area contributed by atoms with Crippen LogP contribution >= 0.6 is 23.8 Å². The van der Waals surface area contributed by atoms with E-state index in [0.29, 0.717) is 0 Å². The van der Waals surface area contributed by atoms with Crippen molar-refractivity contribution in [3.05, 3.63) is 11.5 Å². The highest BCUT2D eigenvalue weighted by atomic mass is 79.9. The molecule has 5 unspecified atom stereocenters. The number of nitrogens with two attached hydrogens (primary N) is 1. The van der Waals surface area contributed by atoms with Crippen molar-refractivity contribution in [1.82, 2.24) is 15.5 Å². The van der Waals surface area contributed by atoms with Gasteiger partial charge in [-0.25, -0.2) is 0 Å². The third-order valence-electron chi connectivity index (χ3n) is 4.77. The summed E-state index contributed by atoms with van der Waals surface area (Å²) in [6, 6.07) is 1.99. The Bertz CT molecular complexity index is 727. The first-order valence-corrected chi connectivity index (χ1v) is 11.2. The number of hydrogen-bond acceptors (Lipinski definition) is 11. The lowest BCUT2D eigenvalue weighted by molar-refractivity contribution is -0.0938. The molecule has 28 heavy (non-hydrogen) atoms. The molecule has 4 aliphatic rings. The smallest absolute Gasteiger partial charge is 0.374 e. The Balaban J connectivity index is 1.53. The summed E-state index contributed by atoms with van der Waals surface area (Å²) < 4.78 is 29.0. The summed E-state index contributed by atoms with van der Waals surface area (Å²) in [5.74, 6) is 0.745. The van der Waals surface area contributed by atoms with Crippen LogP contribution in [0, 0.1) is 11.3 Å². The van der Waals surface area contributed by atoms with Gasteiger partial charge in [0.1, 0.15) is 37.4 Å². The number of nitriles is 1. The number of fused-ring (bicyclic) bond motifs is 1. The Hall–Kier alpha value is -0.965. The summed E-state index contributed by atoms with van der Waals surface area (Å²) in [7, 11) is 4.69. The molecule has 0 bridgehead atoms. The van der Waals surface area contributed by atoms with Gasteiger partial charge in [0.15, 0.2) is 17.4 Å². The molecule has 4 rings (SSSR count). The van der Waals surface area contributed by atoms with Crippen LogP contribution in [0.1, 0.15) is 6.42 Å². The first kappa shape index (κ1) is 20.3. The summed E-state index contributed by atoms with van der Waals surface area (Å²) in [6.45, 7) is 0.337. The zero-order valence-corrected chi connectivity index (χ0v) is 17.5. The van der Waals surface area contributed by atoms with Gasteiger partial charge in [0, 0.05) is 7.11 Å². The van der Waals surface area contributed by atoms with Crippen molar-refractivity contribution < 1.29 is 23.0 Å². The van der Waals surface area contributed by atoms with Crippen LogP contribution in [0.15, 0.2) is 16.5 Å². The Morgan fingerprint density at radius 3 is 3.18 bits per heavy atom. The van der Waals surface area contributed by atoms with E-state index in [1.54, 1.807) is 13.4 Å². The zero-order chi connectivity index (χ0) is 19.9. The Labute approximate surface area is 172 Å². The molecule has 2 fully saturated rings. The lowest BCUT2D eigenvalue weighted by atomic mass is 10.1. The highest BCUT2D eigenvalue weighted by Crippen LogP contribution is 2.62. The van der Waals surface area contributed by atoms with E-state index >= 15 is 0 Å². The van der Waals surface area contributed by atoms with Gasteiger partial charge in [0.05, 0.1) is 24.5 Å². The largest absolute Gasteiger partial charge is 0.488 e. The zero-order valence-electron chi connectivity index (χ0n) is 15.0. The molecule has 4 N–H and O–H groups in total. The van der Waals surface area contributed by atoms with Gasteiger partial charge >= 0.3 is 15.4 Å². The molecule has 0 aromatic heterocycles. The van der Waals surface area contributed by atoms with E-state index < -0.39 is 32.4 Å². The fourth-order valence-corrected chi connectivity index (χ4v) is 5.69. The van der Waals surface area contributed by atoms with Crippen LogP contribution < -0.4 is 16.4 Å². The number of nitrogens with zero attached hydrogens (tertiary/aromatic N) is 3. The fourth-order valence-electron chi connectivity index (χ4n) is 3.51. The molecule has 2 saturated heterocycles. The molecule has 4 aliphatic heterocycles. The number of halogens is 1. The van der Waals surface area contributed by atoms with Crippen LogP contribution in [-0.2, 0) is 23.0 Å². The molecule has 0 aliphatic carbocycles. The molecule has 2 radical (unpaired) electrons. The SMILES string of the molecule is [B][P+]1(OCCC#N)OC[C@H]2OC(N3C4=C(NC3Br)C(N)N=CN4)C(OC)[C@@H]2O1. The minimum atomic E-state index is -3.05. The quantitative estimate of drug-likeness (QED) is 0.159. The average molecular weight is 474 g/mol. The van der Waals surface area contributed by atoms with E-state index in [1.807, 2.05) is 11.0 Å². The van der Waals surface area contributed by atoms with Gasteiger partial charge in [-0.1, -0.05) is 0 Å². The molecule has 4 heterocycles. The summed E-state index contributed by atoms with van der Waals surface area (Å²) in [5, 5.41) is 14.7. The number of ether oxygens (including phenoxy) is 2. The van der Waals surface area contributed by atoms with Crippen LogP contribution in [0.3, 0.4) is 0 Å². The maximum absolute atomic E-state index is 8.68. The van der Waals surface area contributed by atoms with Gasteiger partial charge in [-0.3, -0.25) is 9.89 Å². The van der Waals surface area contributed by atoms with Gasteiger partial charge in [0.25, 0.3) is 0 Å². The molecular weight excluding hydrogens is 454 g/mol. The van der Waals surface area contributed by atoms with Crippen LogP contribution in [0.5, 0.6) is 0 Å². The summed E-state index contributed by atoms with van der Waals surface area (Å²) in [5.41, 5.74) is 6.79. The van der Waals surface area contributed by atoms with Crippen molar-refractivity contribution >= 4 is 37.7 Å². The van der Waals surface area contributed by atoms with E-state index in [-0.39, 0.29) is 30.8 Å². The van der Waals surface area contributed by atoms with E-state index in [9.17, 15) is 0 Å². The number of nitrogens with one attached hydrogen (secondary N) is 2. The standard InChI is InChI=1S/C14H20BBrN6O5P/c1-23-10-9-7(5-25-28(15,27-9)24-4-2-3-17)26-13(10)22-12-8(21-14(22)16)11(18)19-6-20-12/h6-7,9-11,13-14,21H,2,4-5,18H2,1H3,(H,19,20)/q+1/t7-,9-,10?,11?,13?,14?,28?/m1/s1. The molecule has 11 nitrogen and oxygen atoms in total. The minimum Gasteiger partial charge on any atom is -0.374 e. The Kier molecular flexibility index (Phi) is 5.84. The molecule has 0 aromatic rings. The molecule has 150 valence electrons. The third kappa shape index (κ3) is 3.53. The molecule has 7 atom stereocenters. The van der Waals surface area contributed by atoms with Crippen molar-refractivity contribution in [3.63, 3.8) is 0 Å². The first-order chi connectivity index (χ1) is 13.5. The maximum Gasteiger partial charge on any atom is 0.488 e. The second-order valence-electron chi connectivity index (χ2n) is 6.43. The van der Waals surface area contributed by atoms with Crippen molar-refractivity contribution in [2.75, 3.05) is 20.3 Å². The Morgan fingerprint density at radius 2 is 2.43 bits per heavy atom. The lowest BCUT2D eigenvalue weighted by Gasteiger charge is -2.34. The molecule has 0 spiro atoms. The fraction of sp³-hybridized carbons (Fsp3) is 0.714. The van der Waals surface area contributed by atoms with E-state index in [0.717, 1.165) is 11.5 Å². The van der Waals surface area contributed by atoms with Crippen LogP contribution in [0.2, 0.25) is 0 Å². The van der Waals surface area contributed by atoms with Gasteiger partial charge in [-0.05, 0) is 15.9 Å². The van der Waals surface area contributed by atoms with Crippen LogP contribution in [-0.4, -0.2) is 74.9 Å². The predicted octanol–water partition coefficient (Wildman–Crippen LogP) is -0.413. The predicted molar refractivity (Wildman–Crippen MR) is 103 cm³/mol. The number of hydrogen-bond donors (Lipinski definition) is 3. The van der Waals surface area contributed by atoms with E-state index in [4.69, 9.17) is 41.6 Å². The average Bonchev–Trinajstić information content (AvgIpc) is 3.18. The maximum atomic E-state index is 8.68. The number of alkyl halides is 1. The van der Waals surface area contributed by atoms with Gasteiger partial charge in [0.2, 0.25) is 0 Å². The van der Waals surface area contributed by atoms with Crippen LogP contribution in [0.4, 0.5) is 0 Å². The minimum absolute atomic E-state index is 0.136. The Morgan fingerprint density at radius 1 is 1.61 bits per heavy atom. The van der Waals surface area contributed by atoms with Gasteiger partial charge < -0.3 is 25.8 Å². The van der Waals surface area contributed by atoms with Gasteiger partial charge in [-0.2, -0.15) is 18.8 Å². The number of methoxy groups -OCH3 is 1. The summed E-state index contributed by atoms with van der Waals surface area (Å²) in [4.78, 5) is 6.07. The van der Waals surface area contributed by atoms with Gasteiger partial charge in [-0.15, -0.1) is 0 Å². The van der Waals surface area contributed by atoms with Crippen LogP contribution in [0.25, 0.3) is 0 Å². The highest BCUT2D eigenvalue weighted by Gasteiger charge is 2.60. The molecule has 0 amide bonds. The van der Waals surface area contributed by atoms with Crippen molar-refractivity contribution in [2.45, 2.75) is 42.2 Å². The molecule has 0 aromatic carbocycles. The van der Waals surface area contributed by atoms with Crippen molar-refractivity contribution in [3.8, 4) is 6.07 Å². The monoisotopic (exact) mass is 473 g/mol. The molecule has 0 saturated carbocycles. The second kappa shape index (κ2) is 8.05. The number of rotatable bonds is 5.